The minimum Gasteiger partial charge on any atom is -0.478 e. The maximum absolute atomic E-state index is 11.9. The minimum atomic E-state index is -0.969. The number of carboxylic acids is 1. The first-order chi connectivity index (χ1) is 8.51. The first-order valence-electron chi connectivity index (χ1n) is 5.72. The van der Waals surface area contributed by atoms with Crippen molar-refractivity contribution in [2.75, 3.05) is 16.8 Å². The van der Waals surface area contributed by atoms with Crippen molar-refractivity contribution >= 4 is 33.5 Å². The Balaban J connectivity index is 2.34. The fourth-order valence-corrected chi connectivity index (χ4v) is 2.61. The number of carboxylic acid groups (broad SMARTS) is 1. The third-order valence-electron chi connectivity index (χ3n) is 3.04. The summed E-state index contributed by atoms with van der Waals surface area (Å²) >= 11 is 3.38. The molecule has 0 saturated carbocycles. The van der Waals surface area contributed by atoms with Crippen molar-refractivity contribution in [2.24, 2.45) is 5.92 Å². The van der Waals surface area contributed by atoms with Crippen LogP contribution in [0.2, 0.25) is 0 Å². The van der Waals surface area contributed by atoms with Gasteiger partial charge in [0.1, 0.15) is 0 Å². The number of hydrogen-bond acceptors (Lipinski definition) is 2. The lowest BCUT2D eigenvalue weighted by molar-refractivity contribution is -0.117. The Bertz CT molecular complexity index is 501. The summed E-state index contributed by atoms with van der Waals surface area (Å²) < 4.78 is 0. The highest BCUT2D eigenvalue weighted by molar-refractivity contribution is 9.09. The number of halogens is 1. The Morgan fingerprint density at radius 3 is 2.78 bits per heavy atom. The van der Waals surface area contributed by atoms with Crippen molar-refractivity contribution in [3.8, 4) is 0 Å². The Hall–Kier alpha value is -1.36. The van der Waals surface area contributed by atoms with E-state index in [1.807, 2.05) is 13.0 Å². The predicted octanol–water partition coefficient (Wildman–Crippen LogP) is 2.44. The third kappa shape index (κ3) is 2.56. The number of rotatable bonds is 3. The highest BCUT2D eigenvalue weighted by Crippen LogP contribution is 2.27. The molecule has 96 valence electrons. The van der Waals surface area contributed by atoms with Crippen molar-refractivity contribution in [2.45, 2.75) is 13.3 Å². The second-order valence-electron chi connectivity index (χ2n) is 4.59. The van der Waals surface area contributed by atoms with Gasteiger partial charge in [-0.1, -0.05) is 15.9 Å². The van der Waals surface area contributed by atoms with Crippen LogP contribution in [0.5, 0.6) is 0 Å². The summed E-state index contributed by atoms with van der Waals surface area (Å²) in [5, 5.41) is 9.81. The largest absolute Gasteiger partial charge is 0.478 e. The molecule has 1 amide bonds. The number of benzene rings is 1. The first-order valence-corrected chi connectivity index (χ1v) is 6.84. The molecule has 1 saturated heterocycles. The zero-order valence-corrected chi connectivity index (χ0v) is 11.6. The highest BCUT2D eigenvalue weighted by Gasteiger charge is 2.30. The molecule has 18 heavy (non-hydrogen) atoms. The Kier molecular flexibility index (Phi) is 3.71. The van der Waals surface area contributed by atoms with E-state index in [-0.39, 0.29) is 11.5 Å². The average Bonchev–Trinajstić information content (AvgIpc) is 2.69. The summed E-state index contributed by atoms with van der Waals surface area (Å²) in [5.74, 6) is -0.615. The number of carbonyl (C=O) groups excluding carboxylic acids is 1. The van der Waals surface area contributed by atoms with Gasteiger partial charge in [0, 0.05) is 24.0 Å². The predicted molar refractivity (Wildman–Crippen MR) is 72.4 cm³/mol. The molecule has 1 heterocycles. The number of aryl methyl sites for hydroxylation is 1. The Morgan fingerprint density at radius 1 is 1.50 bits per heavy atom. The van der Waals surface area contributed by atoms with Gasteiger partial charge in [0.25, 0.3) is 0 Å². The van der Waals surface area contributed by atoms with Crippen molar-refractivity contribution in [1.29, 1.82) is 0 Å². The van der Waals surface area contributed by atoms with Crippen LogP contribution in [0.25, 0.3) is 0 Å². The van der Waals surface area contributed by atoms with E-state index in [1.54, 1.807) is 17.0 Å². The second-order valence-corrected chi connectivity index (χ2v) is 5.24. The van der Waals surface area contributed by atoms with Crippen LogP contribution in [-0.4, -0.2) is 28.9 Å². The molecule has 0 radical (unpaired) electrons. The third-order valence-corrected chi connectivity index (χ3v) is 3.96. The number of anilines is 1. The van der Waals surface area contributed by atoms with Crippen LogP contribution in [0.1, 0.15) is 22.3 Å². The van der Waals surface area contributed by atoms with Gasteiger partial charge in [0.05, 0.1) is 5.56 Å². The summed E-state index contributed by atoms with van der Waals surface area (Å²) in [6, 6.07) is 5.01. The van der Waals surface area contributed by atoms with Gasteiger partial charge >= 0.3 is 5.97 Å². The molecular formula is C13H14BrNO3. The molecule has 1 aliphatic heterocycles. The van der Waals surface area contributed by atoms with E-state index in [1.165, 1.54) is 0 Å². The standard InChI is InChI=1S/C13H14BrNO3/c1-8-2-10(13(17)18)5-11(3-8)15-7-9(6-14)4-12(15)16/h2-3,5,9H,4,6-7H2,1H3,(H,17,18). The molecule has 0 aliphatic carbocycles. The number of aromatic carboxylic acids is 1. The zero-order valence-electron chi connectivity index (χ0n) is 10.0. The first kappa shape index (κ1) is 13.1. The van der Waals surface area contributed by atoms with Crippen LogP contribution in [0, 0.1) is 12.8 Å². The van der Waals surface area contributed by atoms with E-state index in [2.05, 4.69) is 15.9 Å². The van der Waals surface area contributed by atoms with Gasteiger partial charge in [-0.3, -0.25) is 4.79 Å². The summed E-state index contributed by atoms with van der Waals surface area (Å²) in [6.07, 6.45) is 0.515. The van der Waals surface area contributed by atoms with Gasteiger partial charge < -0.3 is 10.0 Å². The molecule has 4 nitrogen and oxygen atoms in total. The Morgan fingerprint density at radius 2 is 2.22 bits per heavy atom. The minimum absolute atomic E-state index is 0.0568. The zero-order chi connectivity index (χ0) is 13.3. The maximum atomic E-state index is 11.9. The fraction of sp³-hybridized carbons (Fsp3) is 0.385. The summed E-state index contributed by atoms with van der Waals surface area (Å²) in [6.45, 7) is 2.48. The highest BCUT2D eigenvalue weighted by atomic mass is 79.9. The summed E-state index contributed by atoms with van der Waals surface area (Å²) in [7, 11) is 0. The normalized spacial score (nSPS) is 19.3. The van der Waals surface area contributed by atoms with Crippen LogP contribution in [-0.2, 0) is 4.79 Å². The van der Waals surface area contributed by atoms with E-state index in [0.717, 1.165) is 10.9 Å². The SMILES string of the molecule is Cc1cc(C(=O)O)cc(N2CC(CBr)CC2=O)c1. The molecule has 2 rings (SSSR count). The van der Waals surface area contributed by atoms with Gasteiger partial charge in [-0.2, -0.15) is 0 Å². The van der Waals surface area contributed by atoms with Crippen LogP contribution >= 0.6 is 15.9 Å². The number of carbonyl (C=O) groups is 2. The van der Waals surface area contributed by atoms with Crippen LogP contribution in [0.15, 0.2) is 18.2 Å². The lowest BCUT2D eigenvalue weighted by atomic mass is 10.1. The van der Waals surface area contributed by atoms with Crippen molar-refractivity contribution in [3.05, 3.63) is 29.3 Å². The van der Waals surface area contributed by atoms with E-state index in [9.17, 15) is 9.59 Å². The van der Waals surface area contributed by atoms with Gasteiger partial charge in [0.2, 0.25) is 5.91 Å². The van der Waals surface area contributed by atoms with Crippen LogP contribution in [0.4, 0.5) is 5.69 Å². The molecule has 1 aromatic rings. The number of hydrogen-bond donors (Lipinski definition) is 1. The van der Waals surface area contributed by atoms with Crippen LogP contribution < -0.4 is 4.90 Å². The van der Waals surface area contributed by atoms with E-state index in [0.29, 0.717) is 24.6 Å². The Labute approximate surface area is 114 Å². The van der Waals surface area contributed by atoms with E-state index in [4.69, 9.17) is 5.11 Å². The molecule has 1 unspecified atom stereocenters. The summed E-state index contributed by atoms with van der Waals surface area (Å²) in [5.41, 5.74) is 1.75. The second kappa shape index (κ2) is 5.10. The van der Waals surface area contributed by atoms with Crippen molar-refractivity contribution in [3.63, 3.8) is 0 Å². The number of amides is 1. The molecule has 0 spiro atoms. The average molecular weight is 312 g/mol. The molecule has 5 heteroatoms. The van der Waals surface area contributed by atoms with Gasteiger partial charge in [-0.15, -0.1) is 0 Å². The number of nitrogens with zero attached hydrogens (tertiary/aromatic N) is 1. The monoisotopic (exact) mass is 311 g/mol. The quantitative estimate of drug-likeness (QED) is 0.872. The van der Waals surface area contributed by atoms with Gasteiger partial charge in [-0.25, -0.2) is 4.79 Å². The van der Waals surface area contributed by atoms with Gasteiger partial charge in [-0.05, 0) is 36.6 Å². The topological polar surface area (TPSA) is 57.6 Å². The molecule has 1 aromatic carbocycles. The van der Waals surface area contributed by atoms with Gasteiger partial charge in [0.15, 0.2) is 0 Å². The van der Waals surface area contributed by atoms with Crippen molar-refractivity contribution in [1.82, 2.24) is 0 Å². The lowest BCUT2D eigenvalue weighted by Gasteiger charge is -2.17. The molecule has 0 bridgehead atoms. The maximum Gasteiger partial charge on any atom is 0.335 e. The molecular weight excluding hydrogens is 298 g/mol. The van der Waals surface area contributed by atoms with E-state index >= 15 is 0 Å². The lowest BCUT2D eigenvalue weighted by Crippen LogP contribution is -2.25. The number of alkyl halides is 1. The molecule has 1 N–H and O–H groups in total. The van der Waals surface area contributed by atoms with E-state index < -0.39 is 5.97 Å². The molecule has 0 aromatic heterocycles. The molecule has 1 aliphatic rings. The van der Waals surface area contributed by atoms with Crippen molar-refractivity contribution < 1.29 is 14.7 Å². The molecule has 1 fully saturated rings. The summed E-state index contributed by atoms with van der Waals surface area (Å²) in [4.78, 5) is 24.6. The smallest absolute Gasteiger partial charge is 0.335 e. The van der Waals surface area contributed by atoms with Crippen LogP contribution in [0.3, 0.4) is 0 Å². The molecule has 1 atom stereocenters. The fourth-order valence-electron chi connectivity index (χ4n) is 2.18.